The normalized spacial score (nSPS) is 8.90. The zero-order valence-corrected chi connectivity index (χ0v) is 5.96. The van der Waals surface area contributed by atoms with Crippen LogP contribution < -0.4 is 0 Å². The van der Waals surface area contributed by atoms with Crippen molar-refractivity contribution in [3.63, 3.8) is 0 Å². The van der Waals surface area contributed by atoms with Gasteiger partial charge in [-0.05, 0) is 13.0 Å². The van der Waals surface area contributed by atoms with Crippen molar-refractivity contribution in [1.82, 2.24) is 0 Å². The maximum Gasteiger partial charge on any atom is 0.142 e. The van der Waals surface area contributed by atoms with Gasteiger partial charge in [0.2, 0.25) is 0 Å². The molecule has 0 rings (SSSR count). The summed E-state index contributed by atoms with van der Waals surface area (Å²) in [6.07, 6.45) is 3.76. The Labute approximate surface area is 60.9 Å². The summed E-state index contributed by atoms with van der Waals surface area (Å²) in [6, 6.07) is 0. The molecule has 0 amide bonds. The summed E-state index contributed by atoms with van der Waals surface area (Å²) in [5.74, 6) is 5.42. The minimum absolute atomic E-state index is 0.430. The van der Waals surface area contributed by atoms with Crippen LogP contribution in [-0.4, -0.2) is 19.5 Å². The van der Waals surface area contributed by atoms with E-state index >= 15 is 0 Å². The van der Waals surface area contributed by atoms with Crippen LogP contribution >= 0.6 is 0 Å². The zero-order chi connectivity index (χ0) is 7.66. The average molecular weight is 138 g/mol. The first-order chi connectivity index (χ1) is 4.91. The maximum absolute atomic E-state index is 9.72. The lowest BCUT2D eigenvalue weighted by atomic mass is 10.5. The van der Waals surface area contributed by atoms with E-state index in [0.717, 1.165) is 6.29 Å². The minimum Gasteiger partial charge on any atom is -0.365 e. The molecular formula is C8H10O2. The predicted molar refractivity (Wildman–Crippen MR) is 39.5 cm³/mol. The number of hydrogen-bond donors (Lipinski definition) is 0. The molecule has 10 heavy (non-hydrogen) atoms. The molecule has 0 bridgehead atoms. The van der Waals surface area contributed by atoms with Gasteiger partial charge in [-0.25, -0.2) is 0 Å². The smallest absolute Gasteiger partial charge is 0.142 e. The fourth-order valence-electron chi connectivity index (χ4n) is 0.361. The van der Waals surface area contributed by atoms with Crippen molar-refractivity contribution in [1.29, 1.82) is 0 Å². The summed E-state index contributed by atoms with van der Waals surface area (Å²) in [6.45, 7) is 2.64. The minimum atomic E-state index is 0.430. The molecule has 0 radical (unpaired) electrons. The molecule has 0 aromatic carbocycles. The van der Waals surface area contributed by atoms with E-state index in [4.69, 9.17) is 4.74 Å². The third kappa shape index (κ3) is 6.93. The van der Waals surface area contributed by atoms with E-state index in [1.807, 2.05) is 0 Å². The van der Waals surface area contributed by atoms with Crippen LogP contribution in [0.1, 0.15) is 6.92 Å². The SMILES string of the molecule is CC#CCOC/C=C/C=O. The molecule has 2 heteroatoms. The number of allylic oxidation sites excluding steroid dienone is 1. The van der Waals surface area contributed by atoms with Crippen molar-refractivity contribution in [3.05, 3.63) is 12.2 Å². The Morgan fingerprint density at radius 3 is 3.00 bits per heavy atom. The van der Waals surface area contributed by atoms with Crippen LogP contribution in [-0.2, 0) is 9.53 Å². The second-order valence-electron chi connectivity index (χ2n) is 1.51. The average Bonchev–Trinajstić information content (AvgIpc) is 1.97. The first-order valence-electron chi connectivity index (χ1n) is 2.99. The monoisotopic (exact) mass is 138 g/mol. The fraction of sp³-hybridized carbons (Fsp3) is 0.375. The van der Waals surface area contributed by atoms with Gasteiger partial charge >= 0.3 is 0 Å². The van der Waals surface area contributed by atoms with E-state index in [0.29, 0.717) is 13.2 Å². The van der Waals surface area contributed by atoms with Gasteiger partial charge in [0.25, 0.3) is 0 Å². The highest BCUT2D eigenvalue weighted by molar-refractivity contribution is 5.64. The van der Waals surface area contributed by atoms with E-state index in [1.165, 1.54) is 6.08 Å². The third-order valence-electron chi connectivity index (χ3n) is 0.780. The quantitative estimate of drug-likeness (QED) is 0.248. The molecule has 0 unspecified atom stereocenters. The van der Waals surface area contributed by atoms with E-state index < -0.39 is 0 Å². The van der Waals surface area contributed by atoms with Gasteiger partial charge in [0, 0.05) is 0 Å². The van der Waals surface area contributed by atoms with Crippen molar-refractivity contribution < 1.29 is 9.53 Å². The van der Waals surface area contributed by atoms with Gasteiger partial charge < -0.3 is 4.74 Å². The summed E-state index contributed by atoms with van der Waals surface area (Å²) < 4.78 is 4.96. The van der Waals surface area contributed by atoms with Gasteiger partial charge in [0.05, 0.1) is 6.61 Å². The van der Waals surface area contributed by atoms with Crippen LogP contribution in [0.5, 0.6) is 0 Å². The summed E-state index contributed by atoms with van der Waals surface area (Å²) in [7, 11) is 0. The Morgan fingerprint density at radius 1 is 1.60 bits per heavy atom. The molecular weight excluding hydrogens is 128 g/mol. The highest BCUT2D eigenvalue weighted by Gasteiger charge is 1.75. The van der Waals surface area contributed by atoms with E-state index in [1.54, 1.807) is 13.0 Å². The molecule has 0 aromatic rings. The zero-order valence-electron chi connectivity index (χ0n) is 5.96. The van der Waals surface area contributed by atoms with Crippen molar-refractivity contribution in [3.8, 4) is 11.8 Å². The number of ether oxygens (including phenoxy) is 1. The first-order valence-corrected chi connectivity index (χ1v) is 2.99. The molecule has 54 valence electrons. The van der Waals surface area contributed by atoms with Crippen molar-refractivity contribution in [2.45, 2.75) is 6.92 Å². The Morgan fingerprint density at radius 2 is 2.40 bits per heavy atom. The van der Waals surface area contributed by atoms with Gasteiger partial charge in [-0.15, -0.1) is 5.92 Å². The lowest BCUT2D eigenvalue weighted by Gasteiger charge is -1.89. The lowest BCUT2D eigenvalue weighted by molar-refractivity contribution is -0.104. The summed E-state index contributed by atoms with van der Waals surface area (Å²) in [5.41, 5.74) is 0. The molecule has 0 heterocycles. The van der Waals surface area contributed by atoms with Crippen molar-refractivity contribution in [2.24, 2.45) is 0 Å². The highest BCUT2D eigenvalue weighted by atomic mass is 16.5. The highest BCUT2D eigenvalue weighted by Crippen LogP contribution is 1.74. The molecule has 2 nitrogen and oxygen atoms in total. The number of carbonyl (C=O) groups is 1. The Balaban J connectivity index is 3.09. The van der Waals surface area contributed by atoms with Crippen LogP contribution in [0, 0.1) is 11.8 Å². The van der Waals surface area contributed by atoms with E-state index in [2.05, 4.69) is 11.8 Å². The number of rotatable bonds is 4. The fourth-order valence-corrected chi connectivity index (χ4v) is 0.361. The van der Waals surface area contributed by atoms with Gasteiger partial charge in [-0.2, -0.15) is 0 Å². The van der Waals surface area contributed by atoms with Gasteiger partial charge in [-0.3, -0.25) is 4.79 Å². The second kappa shape index (κ2) is 7.93. The summed E-state index contributed by atoms with van der Waals surface area (Å²) in [4.78, 5) is 9.72. The van der Waals surface area contributed by atoms with Crippen LogP contribution in [0.2, 0.25) is 0 Å². The molecule has 0 N–H and O–H groups in total. The Kier molecular flexibility index (Phi) is 7.08. The number of carbonyl (C=O) groups excluding carboxylic acids is 1. The first kappa shape index (κ1) is 8.93. The van der Waals surface area contributed by atoms with Crippen LogP contribution in [0.4, 0.5) is 0 Å². The maximum atomic E-state index is 9.72. The lowest BCUT2D eigenvalue weighted by Crippen LogP contribution is -1.90. The summed E-state index contributed by atoms with van der Waals surface area (Å²) >= 11 is 0. The largest absolute Gasteiger partial charge is 0.365 e. The predicted octanol–water partition coefficient (Wildman–Crippen LogP) is 0.781. The standard InChI is InChI=1S/C8H10O2/c1-2-3-7-10-8-5-4-6-9/h4-6H,7-8H2,1H3/b5-4+. The van der Waals surface area contributed by atoms with Crippen LogP contribution in [0.15, 0.2) is 12.2 Å². The Hall–Kier alpha value is -1.07. The van der Waals surface area contributed by atoms with Crippen LogP contribution in [0.25, 0.3) is 0 Å². The van der Waals surface area contributed by atoms with Gasteiger partial charge in [0.1, 0.15) is 12.9 Å². The molecule has 0 aliphatic rings. The molecule has 0 saturated heterocycles. The molecule has 0 atom stereocenters. The van der Waals surface area contributed by atoms with Crippen LogP contribution in [0.3, 0.4) is 0 Å². The molecule has 0 fully saturated rings. The van der Waals surface area contributed by atoms with E-state index in [9.17, 15) is 4.79 Å². The third-order valence-corrected chi connectivity index (χ3v) is 0.780. The molecule has 0 aliphatic carbocycles. The molecule has 0 aromatic heterocycles. The van der Waals surface area contributed by atoms with E-state index in [-0.39, 0.29) is 0 Å². The molecule has 0 spiro atoms. The molecule has 0 saturated carbocycles. The molecule has 0 aliphatic heterocycles. The summed E-state index contributed by atoms with van der Waals surface area (Å²) in [5, 5.41) is 0. The number of aldehydes is 1. The number of hydrogen-bond acceptors (Lipinski definition) is 2. The van der Waals surface area contributed by atoms with Crippen molar-refractivity contribution >= 4 is 6.29 Å². The van der Waals surface area contributed by atoms with Crippen molar-refractivity contribution in [2.75, 3.05) is 13.2 Å². The Bertz CT molecular complexity index is 160. The second-order valence-corrected chi connectivity index (χ2v) is 1.51. The van der Waals surface area contributed by atoms with Gasteiger partial charge in [0.15, 0.2) is 0 Å². The van der Waals surface area contributed by atoms with Gasteiger partial charge in [-0.1, -0.05) is 12.0 Å². The topological polar surface area (TPSA) is 26.3 Å².